The Hall–Kier alpha value is -1.20. The molecule has 0 saturated carbocycles. The molecule has 1 atom stereocenters. The Bertz CT molecular complexity index is 796. The van der Waals surface area contributed by atoms with Crippen molar-refractivity contribution in [1.82, 2.24) is 9.44 Å². The third kappa shape index (κ3) is 4.64. The fourth-order valence-electron chi connectivity index (χ4n) is 1.88. The van der Waals surface area contributed by atoms with Crippen LogP contribution in [0, 0.1) is 0 Å². The predicted octanol–water partition coefficient (Wildman–Crippen LogP) is 1.69. The van der Waals surface area contributed by atoms with E-state index in [1.54, 1.807) is 17.5 Å². The van der Waals surface area contributed by atoms with Crippen molar-refractivity contribution >= 4 is 31.4 Å². The van der Waals surface area contributed by atoms with Crippen LogP contribution in [0.5, 0.6) is 0 Å². The summed E-state index contributed by atoms with van der Waals surface area (Å²) >= 11 is 1.08. The highest BCUT2D eigenvalue weighted by Crippen LogP contribution is 2.31. The Morgan fingerprint density at radius 2 is 1.96 bits per heavy atom. The van der Waals surface area contributed by atoms with E-state index in [1.165, 1.54) is 18.4 Å². The van der Waals surface area contributed by atoms with E-state index in [1.807, 2.05) is 6.92 Å². The summed E-state index contributed by atoms with van der Waals surface area (Å²) in [6.45, 7) is 1.79. The minimum atomic E-state index is -3.76. The molecule has 0 radical (unpaired) electrons. The molecular formula is C13H18N2O5S3. The van der Waals surface area contributed by atoms with Gasteiger partial charge in [0.05, 0.1) is 6.26 Å². The monoisotopic (exact) mass is 378 g/mol. The number of rotatable bonds is 9. The maximum Gasteiger partial charge on any atom is 0.276 e. The van der Waals surface area contributed by atoms with Gasteiger partial charge < -0.3 is 4.42 Å². The number of furan rings is 1. The maximum absolute atomic E-state index is 12.7. The summed E-state index contributed by atoms with van der Waals surface area (Å²) in [6.07, 6.45) is 1.99. The van der Waals surface area contributed by atoms with Gasteiger partial charge in [-0.1, -0.05) is 13.0 Å². The third-order valence-electron chi connectivity index (χ3n) is 3.01. The highest BCUT2D eigenvalue weighted by atomic mass is 32.2. The molecular weight excluding hydrogens is 360 g/mol. The van der Waals surface area contributed by atoms with Crippen molar-refractivity contribution in [3.63, 3.8) is 0 Å². The van der Waals surface area contributed by atoms with Crippen molar-refractivity contribution in [2.45, 2.75) is 22.8 Å². The molecule has 0 amide bonds. The molecule has 0 bridgehead atoms. The first-order chi connectivity index (χ1) is 10.9. The highest BCUT2D eigenvalue weighted by molar-refractivity contribution is 7.93. The van der Waals surface area contributed by atoms with Crippen LogP contribution >= 0.6 is 11.3 Å². The molecule has 10 heteroatoms. The quantitative estimate of drug-likeness (QED) is 0.691. The van der Waals surface area contributed by atoms with Gasteiger partial charge in [0.15, 0.2) is 9.84 Å². The second-order valence-corrected chi connectivity index (χ2v) is 9.62. The van der Waals surface area contributed by atoms with Gasteiger partial charge in [0.25, 0.3) is 10.2 Å². The average molecular weight is 378 g/mol. The Morgan fingerprint density at radius 1 is 1.17 bits per heavy atom. The van der Waals surface area contributed by atoms with Gasteiger partial charge in [0.2, 0.25) is 0 Å². The number of hydrogen-bond donors (Lipinski definition) is 2. The normalized spacial score (nSPS) is 14.0. The van der Waals surface area contributed by atoms with Gasteiger partial charge in [-0.05, 0) is 30.0 Å². The third-order valence-corrected chi connectivity index (χ3v) is 7.63. The zero-order valence-corrected chi connectivity index (χ0v) is 14.9. The Morgan fingerprint density at radius 3 is 2.52 bits per heavy atom. The SMILES string of the molecule is CCCNS(=O)(=O)NCC(c1ccco1)S(=O)(=O)c1cccs1. The van der Waals surface area contributed by atoms with E-state index in [2.05, 4.69) is 9.44 Å². The standard InChI is InChI=1S/C13H18N2O5S3/c1-2-7-14-23(18,19)15-10-12(11-5-3-8-20-11)22(16,17)13-6-4-9-21-13/h3-6,8-9,12,14-15H,2,7,10H2,1H3. The van der Waals surface area contributed by atoms with Gasteiger partial charge in [-0.25, -0.2) is 17.9 Å². The van der Waals surface area contributed by atoms with Crippen LogP contribution in [-0.2, 0) is 20.0 Å². The Labute approximate surface area is 139 Å². The van der Waals surface area contributed by atoms with E-state index in [9.17, 15) is 16.8 Å². The van der Waals surface area contributed by atoms with Crippen LogP contribution in [0.1, 0.15) is 24.4 Å². The zero-order valence-electron chi connectivity index (χ0n) is 12.4. The molecule has 128 valence electrons. The molecule has 23 heavy (non-hydrogen) atoms. The Balaban J connectivity index is 2.24. The number of sulfone groups is 1. The summed E-state index contributed by atoms with van der Waals surface area (Å²) in [5.41, 5.74) is 0. The molecule has 2 aromatic rings. The van der Waals surface area contributed by atoms with E-state index < -0.39 is 25.3 Å². The van der Waals surface area contributed by atoms with Gasteiger partial charge in [-0.3, -0.25) is 0 Å². The minimum absolute atomic E-state index is 0.166. The fraction of sp³-hybridized carbons (Fsp3) is 0.385. The van der Waals surface area contributed by atoms with Crippen LogP contribution in [0.25, 0.3) is 0 Å². The molecule has 0 saturated heterocycles. The van der Waals surface area contributed by atoms with Crippen molar-refractivity contribution in [3.8, 4) is 0 Å². The Kier molecular flexibility index (Phi) is 5.98. The van der Waals surface area contributed by atoms with Crippen molar-refractivity contribution in [2.24, 2.45) is 0 Å². The lowest BCUT2D eigenvalue weighted by molar-refractivity contribution is 0.486. The summed E-state index contributed by atoms with van der Waals surface area (Å²) in [6, 6.07) is 6.20. The summed E-state index contributed by atoms with van der Waals surface area (Å²) < 4.78 is 59.1. The van der Waals surface area contributed by atoms with Crippen molar-refractivity contribution in [1.29, 1.82) is 0 Å². The van der Waals surface area contributed by atoms with Crippen LogP contribution in [-0.4, -0.2) is 29.9 Å². The van der Waals surface area contributed by atoms with E-state index >= 15 is 0 Å². The van der Waals surface area contributed by atoms with Crippen molar-refractivity contribution in [3.05, 3.63) is 41.7 Å². The molecule has 2 aromatic heterocycles. The molecule has 2 heterocycles. The zero-order chi connectivity index (χ0) is 16.9. The van der Waals surface area contributed by atoms with Crippen LogP contribution in [0.2, 0.25) is 0 Å². The van der Waals surface area contributed by atoms with Gasteiger partial charge in [-0.15, -0.1) is 11.3 Å². The number of thiophene rings is 1. The van der Waals surface area contributed by atoms with Gasteiger partial charge in [-0.2, -0.15) is 8.42 Å². The molecule has 0 spiro atoms. The molecule has 2 N–H and O–H groups in total. The van der Waals surface area contributed by atoms with Gasteiger partial charge in [0.1, 0.15) is 15.2 Å². The first-order valence-corrected chi connectivity index (χ1v) is 10.8. The van der Waals surface area contributed by atoms with Crippen LogP contribution < -0.4 is 9.44 Å². The molecule has 0 aromatic carbocycles. The summed E-state index contributed by atoms with van der Waals surface area (Å²) in [4.78, 5) is 0. The smallest absolute Gasteiger partial charge is 0.276 e. The van der Waals surface area contributed by atoms with Crippen LogP contribution in [0.15, 0.2) is 44.5 Å². The lowest BCUT2D eigenvalue weighted by atomic mass is 10.3. The molecule has 0 aliphatic carbocycles. The van der Waals surface area contributed by atoms with Crippen molar-refractivity contribution in [2.75, 3.05) is 13.1 Å². The second kappa shape index (κ2) is 7.58. The van der Waals surface area contributed by atoms with Crippen molar-refractivity contribution < 1.29 is 21.3 Å². The largest absolute Gasteiger partial charge is 0.468 e. The minimum Gasteiger partial charge on any atom is -0.468 e. The highest BCUT2D eigenvalue weighted by Gasteiger charge is 2.33. The van der Waals surface area contributed by atoms with Crippen LogP contribution in [0.3, 0.4) is 0 Å². The lowest BCUT2D eigenvalue weighted by Gasteiger charge is -2.16. The van der Waals surface area contributed by atoms with Gasteiger partial charge >= 0.3 is 0 Å². The molecule has 1 unspecified atom stereocenters. The fourth-order valence-corrected chi connectivity index (χ4v) is 5.73. The average Bonchev–Trinajstić information content (AvgIpc) is 3.18. The molecule has 0 fully saturated rings. The maximum atomic E-state index is 12.7. The molecule has 7 nitrogen and oxygen atoms in total. The molecule has 0 aliphatic rings. The van der Waals surface area contributed by atoms with E-state index in [0.717, 1.165) is 11.3 Å². The lowest BCUT2D eigenvalue weighted by Crippen LogP contribution is -2.40. The summed E-state index contributed by atoms with van der Waals surface area (Å²) in [5, 5.41) is 0.522. The predicted molar refractivity (Wildman–Crippen MR) is 88.2 cm³/mol. The van der Waals surface area contributed by atoms with Crippen LogP contribution in [0.4, 0.5) is 0 Å². The number of hydrogen-bond acceptors (Lipinski definition) is 6. The van der Waals surface area contributed by atoms with E-state index in [-0.39, 0.29) is 23.1 Å². The summed E-state index contributed by atoms with van der Waals surface area (Å²) in [7, 11) is -7.52. The second-order valence-electron chi connectivity index (χ2n) is 4.73. The van der Waals surface area contributed by atoms with E-state index in [0.29, 0.717) is 6.42 Å². The van der Waals surface area contributed by atoms with E-state index in [4.69, 9.17) is 4.42 Å². The topological polar surface area (TPSA) is 105 Å². The first kappa shape index (κ1) is 18.1. The first-order valence-electron chi connectivity index (χ1n) is 6.92. The van der Waals surface area contributed by atoms with Gasteiger partial charge in [0, 0.05) is 13.1 Å². The molecule has 2 rings (SSSR count). The molecule has 0 aliphatic heterocycles. The summed E-state index contributed by atoms with van der Waals surface area (Å²) in [5.74, 6) is 0.191. The number of nitrogens with one attached hydrogen (secondary N) is 2.